The van der Waals surface area contributed by atoms with Gasteiger partial charge in [-0.2, -0.15) is 0 Å². The van der Waals surface area contributed by atoms with Crippen LogP contribution in [0, 0.1) is 0 Å². The number of nitrogens with one attached hydrogen (secondary N) is 1. The minimum absolute atomic E-state index is 1.05. The Bertz CT molecular complexity index is 119. The summed E-state index contributed by atoms with van der Waals surface area (Å²) in [5.41, 5.74) is 3.37. The maximum Gasteiger partial charge on any atom is 0.0259 e. The maximum atomic E-state index is 3.37. The van der Waals surface area contributed by atoms with Crippen LogP contribution in [-0.2, 0) is 0 Å². The lowest BCUT2D eigenvalue weighted by atomic mass is 10.3. The number of nitrogens with zero attached hydrogens (tertiary/aromatic N) is 2. The molecule has 0 saturated carbocycles. The van der Waals surface area contributed by atoms with Gasteiger partial charge < -0.3 is 4.90 Å². The number of hydrogen-bond donors (Lipinski definition) is 1. The van der Waals surface area contributed by atoms with E-state index in [0.717, 1.165) is 6.54 Å². The SMILES string of the molecule is CCCCN1CCN(NCC)CC1. The third kappa shape index (κ3) is 4.07. The molecule has 1 N–H and O–H groups in total. The Hall–Kier alpha value is -0.120. The molecule has 0 aromatic carbocycles. The second-order valence-electron chi connectivity index (χ2n) is 3.69. The Balaban J connectivity index is 2.08. The standard InChI is InChI=1S/C10H23N3/c1-3-5-6-12-7-9-13(10-8-12)11-4-2/h11H,3-10H2,1-2H3. The largest absolute Gasteiger partial charge is 0.301 e. The third-order valence-corrected chi connectivity index (χ3v) is 2.58. The van der Waals surface area contributed by atoms with Gasteiger partial charge in [0.25, 0.3) is 0 Å². The lowest BCUT2D eigenvalue weighted by Crippen LogP contribution is -2.51. The summed E-state index contributed by atoms with van der Waals surface area (Å²) in [5, 5.41) is 2.34. The first-order valence-electron chi connectivity index (χ1n) is 5.57. The van der Waals surface area contributed by atoms with E-state index in [1.165, 1.54) is 45.6 Å². The van der Waals surface area contributed by atoms with Crippen molar-refractivity contribution in [3.8, 4) is 0 Å². The average molecular weight is 185 g/mol. The van der Waals surface area contributed by atoms with Gasteiger partial charge in [-0.1, -0.05) is 20.3 Å². The van der Waals surface area contributed by atoms with Crippen LogP contribution in [0.2, 0.25) is 0 Å². The van der Waals surface area contributed by atoms with Gasteiger partial charge in [-0.05, 0) is 13.0 Å². The van der Waals surface area contributed by atoms with Crippen LogP contribution in [0.1, 0.15) is 26.7 Å². The van der Waals surface area contributed by atoms with E-state index < -0.39 is 0 Å². The van der Waals surface area contributed by atoms with E-state index in [-0.39, 0.29) is 0 Å². The number of rotatable bonds is 5. The molecule has 1 heterocycles. The average Bonchev–Trinajstić information content (AvgIpc) is 2.17. The Morgan fingerprint density at radius 2 is 1.77 bits per heavy atom. The van der Waals surface area contributed by atoms with Crippen molar-refractivity contribution in [3.05, 3.63) is 0 Å². The molecule has 0 aromatic heterocycles. The molecule has 78 valence electrons. The molecule has 1 fully saturated rings. The summed E-state index contributed by atoms with van der Waals surface area (Å²) in [6.45, 7) is 11.6. The summed E-state index contributed by atoms with van der Waals surface area (Å²) in [5.74, 6) is 0. The van der Waals surface area contributed by atoms with Gasteiger partial charge >= 0.3 is 0 Å². The fourth-order valence-corrected chi connectivity index (χ4v) is 1.73. The fourth-order valence-electron chi connectivity index (χ4n) is 1.73. The van der Waals surface area contributed by atoms with E-state index in [0.29, 0.717) is 0 Å². The number of unbranched alkanes of at least 4 members (excludes halogenated alkanes) is 1. The van der Waals surface area contributed by atoms with Crippen molar-refractivity contribution in [1.82, 2.24) is 15.3 Å². The minimum Gasteiger partial charge on any atom is -0.301 e. The molecule has 0 aliphatic carbocycles. The Labute approximate surface area is 82.1 Å². The molecule has 3 nitrogen and oxygen atoms in total. The number of hydrazine groups is 1. The molecule has 1 aliphatic heterocycles. The third-order valence-electron chi connectivity index (χ3n) is 2.58. The van der Waals surface area contributed by atoms with E-state index in [2.05, 4.69) is 29.2 Å². The molecule has 3 heteroatoms. The topological polar surface area (TPSA) is 18.5 Å². The molecule has 0 bridgehead atoms. The molecule has 0 spiro atoms. The summed E-state index contributed by atoms with van der Waals surface area (Å²) in [6, 6.07) is 0. The van der Waals surface area contributed by atoms with Crippen LogP contribution in [0.15, 0.2) is 0 Å². The van der Waals surface area contributed by atoms with Gasteiger partial charge in [0, 0.05) is 32.7 Å². The predicted octanol–water partition coefficient (Wildman–Crippen LogP) is 0.929. The highest BCUT2D eigenvalue weighted by Gasteiger charge is 2.14. The lowest BCUT2D eigenvalue weighted by molar-refractivity contribution is 0.0911. The summed E-state index contributed by atoms with van der Waals surface area (Å²) < 4.78 is 0. The first-order chi connectivity index (χ1) is 6.36. The molecular formula is C10H23N3. The Kier molecular flexibility index (Phi) is 5.35. The van der Waals surface area contributed by atoms with Crippen molar-refractivity contribution in [3.63, 3.8) is 0 Å². The molecule has 0 aromatic rings. The van der Waals surface area contributed by atoms with Gasteiger partial charge in [-0.25, -0.2) is 5.01 Å². The zero-order valence-electron chi connectivity index (χ0n) is 9.05. The van der Waals surface area contributed by atoms with Gasteiger partial charge in [0.05, 0.1) is 0 Å². The number of hydrogen-bond acceptors (Lipinski definition) is 3. The van der Waals surface area contributed by atoms with Crippen molar-refractivity contribution in [2.45, 2.75) is 26.7 Å². The van der Waals surface area contributed by atoms with Crippen LogP contribution in [-0.4, -0.2) is 49.2 Å². The molecule has 0 unspecified atom stereocenters. The zero-order valence-corrected chi connectivity index (χ0v) is 9.05. The van der Waals surface area contributed by atoms with Crippen molar-refractivity contribution >= 4 is 0 Å². The highest BCUT2D eigenvalue weighted by atomic mass is 15.5. The summed E-state index contributed by atoms with van der Waals surface area (Å²) in [6.07, 6.45) is 2.66. The van der Waals surface area contributed by atoms with Gasteiger partial charge in [0.1, 0.15) is 0 Å². The van der Waals surface area contributed by atoms with E-state index >= 15 is 0 Å². The second-order valence-corrected chi connectivity index (χ2v) is 3.69. The summed E-state index contributed by atoms with van der Waals surface area (Å²) in [4.78, 5) is 2.57. The molecule has 1 rings (SSSR count). The van der Waals surface area contributed by atoms with E-state index in [1.807, 2.05) is 0 Å². The number of piperazine rings is 1. The van der Waals surface area contributed by atoms with Crippen LogP contribution < -0.4 is 5.43 Å². The van der Waals surface area contributed by atoms with Crippen LogP contribution in [0.5, 0.6) is 0 Å². The first kappa shape index (κ1) is 11.0. The quantitative estimate of drug-likeness (QED) is 0.687. The van der Waals surface area contributed by atoms with Crippen LogP contribution in [0.4, 0.5) is 0 Å². The van der Waals surface area contributed by atoms with Crippen molar-refractivity contribution in [1.29, 1.82) is 0 Å². The normalized spacial score (nSPS) is 20.8. The van der Waals surface area contributed by atoms with Crippen molar-refractivity contribution in [2.75, 3.05) is 39.3 Å². The van der Waals surface area contributed by atoms with Crippen molar-refractivity contribution in [2.24, 2.45) is 0 Å². The summed E-state index contributed by atoms with van der Waals surface area (Å²) >= 11 is 0. The van der Waals surface area contributed by atoms with Crippen molar-refractivity contribution < 1.29 is 0 Å². The van der Waals surface area contributed by atoms with E-state index in [1.54, 1.807) is 0 Å². The molecule has 0 radical (unpaired) electrons. The zero-order chi connectivity index (χ0) is 9.52. The molecular weight excluding hydrogens is 162 g/mol. The minimum atomic E-state index is 1.05. The lowest BCUT2D eigenvalue weighted by Gasteiger charge is -2.34. The molecule has 0 atom stereocenters. The predicted molar refractivity (Wildman–Crippen MR) is 56.6 cm³/mol. The van der Waals surface area contributed by atoms with Gasteiger partial charge in [0.15, 0.2) is 0 Å². The van der Waals surface area contributed by atoms with Crippen LogP contribution in [0.3, 0.4) is 0 Å². The monoisotopic (exact) mass is 185 g/mol. The molecule has 1 aliphatic rings. The Morgan fingerprint density at radius 1 is 1.08 bits per heavy atom. The molecule has 0 amide bonds. The van der Waals surface area contributed by atoms with Gasteiger partial charge in [0.2, 0.25) is 0 Å². The Morgan fingerprint density at radius 3 is 2.31 bits per heavy atom. The van der Waals surface area contributed by atoms with Crippen LogP contribution >= 0.6 is 0 Å². The van der Waals surface area contributed by atoms with Crippen LogP contribution in [0.25, 0.3) is 0 Å². The smallest absolute Gasteiger partial charge is 0.0259 e. The highest BCUT2D eigenvalue weighted by Crippen LogP contribution is 2.00. The van der Waals surface area contributed by atoms with E-state index in [9.17, 15) is 0 Å². The molecule has 13 heavy (non-hydrogen) atoms. The maximum absolute atomic E-state index is 3.37. The summed E-state index contributed by atoms with van der Waals surface area (Å²) in [7, 11) is 0. The van der Waals surface area contributed by atoms with Gasteiger partial charge in [-0.3, -0.25) is 5.43 Å². The fraction of sp³-hybridized carbons (Fsp3) is 1.00. The second kappa shape index (κ2) is 6.35. The molecule has 1 saturated heterocycles. The van der Waals surface area contributed by atoms with E-state index in [4.69, 9.17) is 0 Å². The first-order valence-corrected chi connectivity index (χ1v) is 5.57. The van der Waals surface area contributed by atoms with Gasteiger partial charge in [-0.15, -0.1) is 0 Å². The highest BCUT2D eigenvalue weighted by molar-refractivity contribution is 4.68.